The highest BCUT2D eigenvalue weighted by molar-refractivity contribution is 6.07. The van der Waals surface area contributed by atoms with E-state index < -0.39 is 46.3 Å². The lowest BCUT2D eigenvalue weighted by molar-refractivity contribution is -0.186. The fraction of sp³-hybridized carbons (Fsp3) is 0.389. The summed E-state index contributed by atoms with van der Waals surface area (Å²) in [6.07, 6.45) is -0.858. The van der Waals surface area contributed by atoms with Crippen molar-refractivity contribution < 1.29 is 28.6 Å². The Balaban J connectivity index is 1.66. The molecule has 0 saturated heterocycles. The lowest BCUT2D eigenvalue weighted by atomic mass is 9.78. The Hall–Kier alpha value is -4.86. The quantitative estimate of drug-likeness (QED) is 0.112. The van der Waals surface area contributed by atoms with Crippen molar-refractivity contribution in [2.45, 2.75) is 85.7 Å². The molecule has 0 aliphatic carbocycles. The molecule has 0 atom stereocenters. The van der Waals surface area contributed by atoms with Crippen LogP contribution in [0.3, 0.4) is 0 Å². The number of ether oxygens (including phenoxy) is 3. The first-order valence-electron chi connectivity index (χ1n) is 15.2. The van der Waals surface area contributed by atoms with E-state index in [1.807, 2.05) is 31.2 Å². The number of fused-ring (bicyclic) bond motifs is 1. The molecule has 0 amide bonds. The zero-order chi connectivity index (χ0) is 33.7. The zero-order valence-electron chi connectivity index (χ0n) is 27.5. The number of benzene rings is 3. The van der Waals surface area contributed by atoms with Gasteiger partial charge in [-0.15, -0.1) is 5.10 Å². The van der Waals surface area contributed by atoms with Crippen LogP contribution in [0.2, 0.25) is 0 Å². The summed E-state index contributed by atoms with van der Waals surface area (Å²) in [6, 6.07) is 21.2. The van der Waals surface area contributed by atoms with Gasteiger partial charge in [0, 0.05) is 18.5 Å². The molecule has 1 aromatic heterocycles. The van der Waals surface area contributed by atoms with Crippen LogP contribution in [0.25, 0.3) is 10.9 Å². The molecule has 4 rings (SSSR count). The summed E-state index contributed by atoms with van der Waals surface area (Å²) >= 11 is 0. The average molecular weight is 628 g/mol. The van der Waals surface area contributed by atoms with Gasteiger partial charge >= 0.3 is 11.9 Å². The molecule has 1 heterocycles. The number of carbonyl (C=O) groups excluding carboxylic acids is 3. The maximum absolute atomic E-state index is 14.0. The van der Waals surface area contributed by atoms with E-state index in [0.717, 1.165) is 15.8 Å². The smallest absolute Gasteiger partial charge is 0.324 e. The summed E-state index contributed by atoms with van der Waals surface area (Å²) in [5.74, 6) is -1.79. The van der Waals surface area contributed by atoms with Crippen LogP contribution < -0.4 is 10.3 Å². The number of Topliss-reactive ketones (excluding diaryl/α,β-unsaturated/α-hetero) is 1. The second-order valence-corrected chi connectivity index (χ2v) is 13.4. The molecular formula is C36H41N3O7. The molecule has 0 saturated carbocycles. The molecule has 242 valence electrons. The Bertz CT molecular complexity index is 1750. The SMILES string of the molecule is Cc1cccc(COc2ccc(C(=O)CC(CCn3nnc4ccccc4c3=O)(C(=O)OC(C)(C)C)C(=O)OC(C)(C)C)cc2)c1. The Kier molecular flexibility index (Phi) is 10.1. The second kappa shape index (κ2) is 13.6. The number of nitrogens with zero attached hydrogens (tertiary/aromatic N) is 3. The third kappa shape index (κ3) is 8.65. The van der Waals surface area contributed by atoms with Crippen LogP contribution in [-0.4, -0.2) is 43.9 Å². The first-order valence-corrected chi connectivity index (χ1v) is 15.2. The van der Waals surface area contributed by atoms with Crippen molar-refractivity contribution in [3.63, 3.8) is 0 Å². The average Bonchev–Trinajstić information content (AvgIpc) is 2.97. The van der Waals surface area contributed by atoms with Gasteiger partial charge in [-0.05, 0) is 96.8 Å². The second-order valence-electron chi connectivity index (χ2n) is 13.4. The summed E-state index contributed by atoms with van der Waals surface area (Å²) in [4.78, 5) is 55.0. The number of hydrogen-bond acceptors (Lipinski definition) is 9. The van der Waals surface area contributed by atoms with Crippen LogP contribution in [0.4, 0.5) is 0 Å². The minimum Gasteiger partial charge on any atom is -0.489 e. The van der Waals surface area contributed by atoms with Gasteiger partial charge in [-0.25, -0.2) is 4.68 Å². The standard InChI is InChI=1S/C36H41N3O7/c1-24-11-10-12-25(21-24)23-44-27-17-15-26(16-18-27)30(40)22-36(32(42)45-34(2,3)4,33(43)46-35(5,6)7)19-20-39-31(41)28-13-8-9-14-29(28)37-38-39/h8-18,21H,19-20,22-23H2,1-7H3. The lowest BCUT2D eigenvalue weighted by Crippen LogP contribution is -2.49. The molecule has 10 nitrogen and oxygen atoms in total. The minimum absolute atomic E-state index is 0.200. The fourth-order valence-electron chi connectivity index (χ4n) is 4.82. The number of rotatable bonds is 11. The molecular weight excluding hydrogens is 586 g/mol. The molecule has 0 aliphatic rings. The molecule has 0 fully saturated rings. The summed E-state index contributed by atoms with van der Waals surface area (Å²) in [7, 11) is 0. The maximum Gasteiger partial charge on any atom is 0.324 e. The first kappa shape index (κ1) is 34.0. The predicted octanol–water partition coefficient (Wildman–Crippen LogP) is 6.01. The molecule has 0 spiro atoms. The minimum atomic E-state index is -2.09. The van der Waals surface area contributed by atoms with Gasteiger partial charge in [-0.3, -0.25) is 19.2 Å². The van der Waals surface area contributed by atoms with Crippen molar-refractivity contribution in [2.24, 2.45) is 5.41 Å². The van der Waals surface area contributed by atoms with Crippen molar-refractivity contribution in [1.29, 1.82) is 0 Å². The molecule has 0 N–H and O–H groups in total. The van der Waals surface area contributed by atoms with Crippen molar-refractivity contribution in [2.75, 3.05) is 0 Å². The highest BCUT2D eigenvalue weighted by Crippen LogP contribution is 2.36. The largest absolute Gasteiger partial charge is 0.489 e. The van der Waals surface area contributed by atoms with Crippen LogP contribution in [-0.2, 0) is 32.2 Å². The van der Waals surface area contributed by atoms with E-state index >= 15 is 0 Å². The van der Waals surface area contributed by atoms with E-state index in [9.17, 15) is 19.2 Å². The van der Waals surface area contributed by atoms with Gasteiger partial charge in [0.15, 0.2) is 11.2 Å². The van der Waals surface area contributed by atoms with E-state index in [4.69, 9.17) is 14.2 Å². The van der Waals surface area contributed by atoms with Gasteiger partial charge in [0.1, 0.15) is 29.1 Å². The summed E-state index contributed by atoms with van der Waals surface area (Å²) in [5, 5.41) is 8.46. The number of carbonyl (C=O) groups is 3. The van der Waals surface area contributed by atoms with Gasteiger partial charge in [0.2, 0.25) is 0 Å². The van der Waals surface area contributed by atoms with Crippen LogP contribution in [0.1, 0.15) is 75.9 Å². The summed E-state index contributed by atoms with van der Waals surface area (Å²) < 4.78 is 18.4. The lowest BCUT2D eigenvalue weighted by Gasteiger charge is -2.34. The highest BCUT2D eigenvalue weighted by atomic mass is 16.6. The molecule has 3 aromatic carbocycles. The van der Waals surface area contributed by atoms with Gasteiger partial charge in [0.25, 0.3) is 5.56 Å². The van der Waals surface area contributed by atoms with Crippen molar-refractivity contribution in [3.8, 4) is 5.75 Å². The van der Waals surface area contributed by atoms with Crippen LogP contribution in [0, 0.1) is 12.3 Å². The third-order valence-corrected chi connectivity index (χ3v) is 7.09. The monoisotopic (exact) mass is 627 g/mol. The first-order chi connectivity index (χ1) is 21.6. The highest BCUT2D eigenvalue weighted by Gasteiger charge is 2.52. The fourth-order valence-corrected chi connectivity index (χ4v) is 4.82. The van der Waals surface area contributed by atoms with Crippen LogP contribution in [0.15, 0.2) is 77.6 Å². The van der Waals surface area contributed by atoms with Gasteiger partial charge in [-0.1, -0.05) is 47.2 Å². The number of aryl methyl sites for hydroxylation is 2. The Morgan fingerprint density at radius 1 is 0.804 bits per heavy atom. The van der Waals surface area contributed by atoms with Crippen LogP contribution in [0.5, 0.6) is 5.75 Å². The normalized spacial score (nSPS) is 12.1. The Morgan fingerprint density at radius 3 is 2.04 bits per heavy atom. The van der Waals surface area contributed by atoms with Crippen molar-refractivity contribution in [3.05, 3.63) is 99.8 Å². The van der Waals surface area contributed by atoms with E-state index in [-0.39, 0.29) is 18.5 Å². The number of hydrogen-bond donors (Lipinski definition) is 0. The van der Waals surface area contributed by atoms with Crippen LogP contribution >= 0.6 is 0 Å². The molecule has 4 aromatic rings. The number of ketones is 1. The maximum atomic E-state index is 14.0. The number of esters is 2. The molecule has 0 radical (unpaired) electrons. The van der Waals surface area contributed by atoms with Gasteiger partial charge in [0.05, 0.1) is 5.39 Å². The summed E-state index contributed by atoms with van der Waals surface area (Å²) in [5.41, 5.74) is -1.69. The topological polar surface area (TPSA) is 127 Å². The van der Waals surface area contributed by atoms with E-state index in [0.29, 0.717) is 23.3 Å². The van der Waals surface area contributed by atoms with E-state index in [2.05, 4.69) is 10.3 Å². The number of aromatic nitrogens is 3. The third-order valence-electron chi connectivity index (χ3n) is 7.09. The Labute approximate surface area is 268 Å². The van der Waals surface area contributed by atoms with Gasteiger partial charge in [-0.2, -0.15) is 0 Å². The molecule has 0 unspecified atom stereocenters. The van der Waals surface area contributed by atoms with Crippen molar-refractivity contribution >= 4 is 28.6 Å². The summed E-state index contributed by atoms with van der Waals surface area (Å²) in [6.45, 7) is 12.2. The van der Waals surface area contributed by atoms with Gasteiger partial charge < -0.3 is 14.2 Å². The zero-order valence-corrected chi connectivity index (χ0v) is 27.5. The molecule has 46 heavy (non-hydrogen) atoms. The molecule has 0 bridgehead atoms. The molecule has 10 heteroatoms. The van der Waals surface area contributed by atoms with E-state index in [1.54, 1.807) is 90.1 Å². The van der Waals surface area contributed by atoms with E-state index in [1.165, 1.54) is 0 Å². The Morgan fingerprint density at radius 2 is 1.43 bits per heavy atom. The molecule has 0 aliphatic heterocycles. The van der Waals surface area contributed by atoms with Crippen molar-refractivity contribution in [1.82, 2.24) is 15.0 Å². The predicted molar refractivity (Wildman–Crippen MR) is 173 cm³/mol.